The van der Waals surface area contributed by atoms with E-state index >= 15 is 0 Å². The Morgan fingerprint density at radius 3 is 2.33 bits per heavy atom. The van der Waals surface area contributed by atoms with Crippen LogP contribution in [0, 0.1) is 0 Å². The molecular weight excluding hydrogens is 408 g/mol. The third-order valence-corrected chi connectivity index (χ3v) is 5.07. The largest absolute Gasteiger partial charge is 0.349 e. The van der Waals surface area contributed by atoms with Crippen molar-refractivity contribution in [2.75, 3.05) is 0 Å². The average molecular weight is 429 g/mol. The molecule has 3 rings (SSSR count). The number of hydrogen-bond acceptors (Lipinski definition) is 4. The fourth-order valence-electron chi connectivity index (χ4n) is 3.26. The lowest BCUT2D eigenvalue weighted by atomic mass is 9.92. The Morgan fingerprint density at radius 2 is 1.73 bits per heavy atom. The molecule has 0 aliphatic carbocycles. The Kier molecular flexibility index (Phi) is 6.07. The van der Waals surface area contributed by atoms with Crippen LogP contribution in [-0.2, 0) is 19.9 Å². The molecule has 1 aliphatic heterocycles. The molecule has 2 aromatic rings. The maximum absolute atomic E-state index is 12.9. The van der Waals surface area contributed by atoms with Crippen LogP contribution in [-0.4, -0.2) is 28.8 Å². The number of rotatable bonds is 6. The molecule has 5 amide bonds. The quantitative estimate of drug-likeness (QED) is 0.614. The molecule has 0 saturated carbocycles. The van der Waals surface area contributed by atoms with Crippen LogP contribution in [0.25, 0.3) is 0 Å². The van der Waals surface area contributed by atoms with Crippen molar-refractivity contribution in [3.05, 3.63) is 70.7 Å². The summed E-state index contributed by atoms with van der Waals surface area (Å²) in [4.78, 5) is 49.4. The van der Waals surface area contributed by atoms with Gasteiger partial charge < -0.3 is 10.6 Å². The SMILES string of the molecule is CC(=O)N[C@H](CC(=O)NN1C(=O)N[C@](C)(c2ccccc2)C1=O)c1ccc(Cl)cc1. The molecule has 0 aromatic heterocycles. The molecule has 2 aromatic carbocycles. The summed E-state index contributed by atoms with van der Waals surface area (Å²) in [6.07, 6.45) is -0.180. The molecular formula is C21H21ClN4O4. The lowest BCUT2D eigenvalue weighted by Gasteiger charge is -2.23. The van der Waals surface area contributed by atoms with Crippen molar-refractivity contribution in [3.63, 3.8) is 0 Å². The van der Waals surface area contributed by atoms with Gasteiger partial charge in [-0.05, 0) is 30.2 Å². The van der Waals surface area contributed by atoms with Gasteiger partial charge in [0, 0.05) is 11.9 Å². The van der Waals surface area contributed by atoms with Gasteiger partial charge in [-0.25, -0.2) is 4.79 Å². The summed E-state index contributed by atoms with van der Waals surface area (Å²) in [5.74, 6) is -1.53. The minimum Gasteiger partial charge on any atom is -0.349 e. The van der Waals surface area contributed by atoms with E-state index in [2.05, 4.69) is 16.1 Å². The maximum Gasteiger partial charge on any atom is 0.344 e. The van der Waals surface area contributed by atoms with E-state index in [-0.39, 0.29) is 12.3 Å². The van der Waals surface area contributed by atoms with Crippen LogP contribution >= 0.6 is 11.6 Å². The highest BCUT2D eigenvalue weighted by Gasteiger charge is 2.50. The minimum absolute atomic E-state index is 0.180. The number of urea groups is 1. The zero-order chi connectivity index (χ0) is 21.9. The Morgan fingerprint density at radius 1 is 1.10 bits per heavy atom. The van der Waals surface area contributed by atoms with Crippen LogP contribution in [0.1, 0.15) is 37.4 Å². The number of imide groups is 1. The first-order valence-corrected chi connectivity index (χ1v) is 9.63. The predicted molar refractivity (Wildman–Crippen MR) is 110 cm³/mol. The highest BCUT2D eigenvalue weighted by atomic mass is 35.5. The van der Waals surface area contributed by atoms with Crippen molar-refractivity contribution in [1.82, 2.24) is 21.1 Å². The molecule has 1 saturated heterocycles. The number of nitrogens with zero attached hydrogens (tertiary/aromatic N) is 1. The monoisotopic (exact) mass is 428 g/mol. The molecule has 3 N–H and O–H groups in total. The Bertz CT molecular complexity index is 980. The highest BCUT2D eigenvalue weighted by molar-refractivity contribution is 6.30. The second-order valence-corrected chi connectivity index (χ2v) is 7.54. The lowest BCUT2D eigenvalue weighted by molar-refractivity contribution is -0.139. The molecule has 8 nitrogen and oxygen atoms in total. The number of carbonyl (C=O) groups excluding carboxylic acids is 4. The first kappa shape index (κ1) is 21.3. The van der Waals surface area contributed by atoms with Crippen LogP contribution in [0.3, 0.4) is 0 Å². The number of nitrogens with one attached hydrogen (secondary N) is 3. The van der Waals surface area contributed by atoms with E-state index < -0.39 is 29.4 Å². The third-order valence-electron chi connectivity index (χ3n) is 4.82. The molecule has 0 unspecified atom stereocenters. The van der Waals surface area contributed by atoms with Gasteiger partial charge in [-0.3, -0.25) is 19.8 Å². The van der Waals surface area contributed by atoms with Gasteiger partial charge in [0.05, 0.1) is 12.5 Å². The second-order valence-electron chi connectivity index (χ2n) is 7.11. The number of halogens is 1. The average Bonchev–Trinajstić information content (AvgIpc) is 2.92. The number of hydrazine groups is 1. The number of amides is 5. The Hall–Kier alpha value is -3.39. The van der Waals surface area contributed by atoms with E-state index in [0.29, 0.717) is 21.2 Å². The molecule has 1 aliphatic rings. The van der Waals surface area contributed by atoms with E-state index in [1.165, 1.54) is 6.92 Å². The summed E-state index contributed by atoms with van der Waals surface area (Å²) < 4.78 is 0. The molecule has 0 spiro atoms. The number of hydrogen-bond donors (Lipinski definition) is 3. The van der Waals surface area contributed by atoms with Crippen LogP contribution < -0.4 is 16.1 Å². The molecule has 1 heterocycles. The van der Waals surface area contributed by atoms with Gasteiger partial charge in [0.1, 0.15) is 5.54 Å². The molecule has 2 atom stereocenters. The smallest absolute Gasteiger partial charge is 0.344 e. The van der Waals surface area contributed by atoms with Gasteiger partial charge in [0.25, 0.3) is 5.91 Å². The van der Waals surface area contributed by atoms with Crippen LogP contribution in [0.5, 0.6) is 0 Å². The van der Waals surface area contributed by atoms with Gasteiger partial charge in [-0.1, -0.05) is 54.1 Å². The van der Waals surface area contributed by atoms with Crippen LogP contribution in [0.2, 0.25) is 5.02 Å². The fraction of sp³-hybridized carbons (Fsp3) is 0.238. The normalized spacial score (nSPS) is 19.2. The topological polar surface area (TPSA) is 108 Å². The van der Waals surface area contributed by atoms with E-state index in [1.54, 1.807) is 61.5 Å². The van der Waals surface area contributed by atoms with Gasteiger partial charge in [0.15, 0.2) is 0 Å². The summed E-state index contributed by atoms with van der Waals surface area (Å²) in [5.41, 5.74) is 2.31. The lowest BCUT2D eigenvalue weighted by Crippen LogP contribution is -2.48. The zero-order valence-corrected chi connectivity index (χ0v) is 17.2. The van der Waals surface area contributed by atoms with Gasteiger partial charge >= 0.3 is 6.03 Å². The Labute approximate surface area is 178 Å². The van der Waals surface area contributed by atoms with Crippen molar-refractivity contribution in [1.29, 1.82) is 0 Å². The predicted octanol–water partition coefficient (Wildman–Crippen LogP) is 2.41. The summed E-state index contributed by atoms with van der Waals surface area (Å²) in [6.45, 7) is 2.91. The number of carbonyl (C=O) groups is 4. The molecule has 0 bridgehead atoms. The molecule has 9 heteroatoms. The Balaban J connectivity index is 1.74. The summed E-state index contributed by atoms with van der Waals surface area (Å²) in [6, 6.07) is 14.0. The van der Waals surface area contributed by atoms with Gasteiger partial charge in [-0.2, -0.15) is 5.01 Å². The van der Waals surface area contributed by atoms with Crippen molar-refractivity contribution >= 4 is 35.4 Å². The third kappa shape index (κ3) is 4.44. The summed E-state index contributed by atoms with van der Waals surface area (Å²) >= 11 is 5.90. The van der Waals surface area contributed by atoms with Crippen molar-refractivity contribution in [3.8, 4) is 0 Å². The van der Waals surface area contributed by atoms with Crippen molar-refractivity contribution in [2.24, 2.45) is 0 Å². The highest BCUT2D eigenvalue weighted by Crippen LogP contribution is 2.28. The van der Waals surface area contributed by atoms with E-state index in [0.717, 1.165) is 0 Å². The first-order valence-electron chi connectivity index (χ1n) is 9.25. The van der Waals surface area contributed by atoms with E-state index in [9.17, 15) is 19.2 Å². The number of benzene rings is 2. The summed E-state index contributed by atoms with van der Waals surface area (Å²) in [5, 5.41) is 6.49. The molecule has 0 radical (unpaired) electrons. The van der Waals surface area contributed by atoms with Crippen molar-refractivity contribution in [2.45, 2.75) is 31.8 Å². The van der Waals surface area contributed by atoms with Crippen molar-refractivity contribution < 1.29 is 19.2 Å². The zero-order valence-electron chi connectivity index (χ0n) is 16.4. The molecule has 30 heavy (non-hydrogen) atoms. The first-order chi connectivity index (χ1) is 14.2. The van der Waals surface area contributed by atoms with E-state index in [4.69, 9.17) is 11.6 Å². The van der Waals surface area contributed by atoms with Gasteiger partial charge in [-0.15, -0.1) is 0 Å². The standard InChI is InChI=1S/C21H21ClN4O4/c1-13(27)23-17(14-8-10-16(22)11-9-14)12-18(28)25-26-19(29)21(2,24-20(26)30)15-6-4-3-5-7-15/h3-11,17H,12H2,1-2H3,(H,23,27)(H,24,30)(H,25,28)/t17-,21-/m1/s1. The minimum atomic E-state index is -1.29. The van der Waals surface area contributed by atoms with Crippen LogP contribution in [0.15, 0.2) is 54.6 Å². The molecule has 156 valence electrons. The van der Waals surface area contributed by atoms with Gasteiger partial charge in [0.2, 0.25) is 11.8 Å². The second kappa shape index (κ2) is 8.54. The summed E-state index contributed by atoms with van der Waals surface area (Å²) in [7, 11) is 0. The van der Waals surface area contributed by atoms with E-state index in [1.807, 2.05) is 0 Å². The fourth-order valence-corrected chi connectivity index (χ4v) is 3.38. The maximum atomic E-state index is 12.9. The van der Waals surface area contributed by atoms with Crippen LogP contribution in [0.4, 0.5) is 4.79 Å². The molecule has 1 fully saturated rings.